The van der Waals surface area contributed by atoms with Gasteiger partial charge in [0.15, 0.2) is 0 Å². The summed E-state index contributed by atoms with van der Waals surface area (Å²) in [6.45, 7) is -0.720. The average molecular weight is 402 g/mol. The van der Waals surface area contributed by atoms with Crippen LogP contribution in [0.15, 0.2) is 24.3 Å². The van der Waals surface area contributed by atoms with Crippen molar-refractivity contribution < 1.29 is 44.3 Å². The minimum absolute atomic E-state index is 0.205. The first kappa shape index (κ1) is 21.4. The molecule has 0 bridgehead atoms. The number of alkyl halides is 9. The number of carbonyl (C=O) groups excluding carboxylic acids is 1. The van der Waals surface area contributed by atoms with Gasteiger partial charge < -0.3 is 5.32 Å². The minimum atomic E-state index is -7.10. The molecule has 1 aromatic rings. The number of halogens is 10. The minimum Gasteiger partial charge on any atom is -0.350 e. The molecule has 1 rings (SSSR count). The van der Waals surface area contributed by atoms with Crippen LogP contribution in [0.4, 0.5) is 39.5 Å². The fourth-order valence-corrected chi connectivity index (χ4v) is 1.85. The smallest absolute Gasteiger partial charge is 0.350 e. The number of nitrogens with one attached hydrogen (secondary N) is 1. The van der Waals surface area contributed by atoms with E-state index in [2.05, 4.69) is 0 Å². The van der Waals surface area contributed by atoms with Gasteiger partial charge in [-0.2, -0.15) is 39.5 Å². The zero-order chi connectivity index (χ0) is 19.7. The summed E-state index contributed by atoms with van der Waals surface area (Å²) in [6, 6.07) is 5.69. The van der Waals surface area contributed by atoms with Crippen molar-refractivity contribution in [3.05, 3.63) is 34.9 Å². The van der Waals surface area contributed by atoms with Crippen molar-refractivity contribution in [3.8, 4) is 0 Å². The Morgan fingerprint density at radius 1 is 0.960 bits per heavy atom. The molecule has 0 aromatic heterocycles. The van der Waals surface area contributed by atoms with E-state index in [1.807, 2.05) is 0 Å². The fraction of sp³-hybridized carbons (Fsp3) is 0.462. The van der Waals surface area contributed by atoms with Gasteiger partial charge in [-0.05, 0) is 24.1 Å². The SMILES string of the molecule is O=C(NCCc1cccc(Cl)c1)C(F)(F)C(F)(F)C(F)(F)C(F)(F)F. The number of hydrogen-bond acceptors (Lipinski definition) is 1. The highest BCUT2D eigenvalue weighted by molar-refractivity contribution is 6.30. The topological polar surface area (TPSA) is 29.1 Å². The fourth-order valence-electron chi connectivity index (χ4n) is 1.64. The van der Waals surface area contributed by atoms with Gasteiger partial charge in [0.2, 0.25) is 0 Å². The largest absolute Gasteiger partial charge is 0.460 e. The van der Waals surface area contributed by atoms with Crippen LogP contribution >= 0.6 is 11.6 Å². The molecule has 0 aliphatic rings. The standard InChI is InChI=1S/C13H9ClF9NO/c14-8-3-1-2-7(6-8)4-5-24-9(25)10(15,16)11(17,18)12(19,20)13(21,22)23/h1-3,6H,4-5H2,(H,24,25). The van der Waals surface area contributed by atoms with Crippen molar-refractivity contribution in [2.45, 2.75) is 30.4 Å². The molecular formula is C13H9ClF9NO. The maximum Gasteiger partial charge on any atom is 0.460 e. The first-order valence-electron chi connectivity index (χ1n) is 6.37. The molecule has 0 saturated heterocycles. The maximum absolute atomic E-state index is 13.2. The van der Waals surface area contributed by atoms with Crippen LogP contribution in [0.25, 0.3) is 0 Å². The van der Waals surface area contributed by atoms with E-state index in [4.69, 9.17) is 11.6 Å². The molecule has 0 spiro atoms. The molecule has 0 unspecified atom stereocenters. The highest BCUT2D eigenvalue weighted by atomic mass is 35.5. The van der Waals surface area contributed by atoms with Crippen LogP contribution in [0.2, 0.25) is 5.02 Å². The van der Waals surface area contributed by atoms with Crippen LogP contribution in [0, 0.1) is 0 Å². The maximum atomic E-state index is 13.2. The van der Waals surface area contributed by atoms with Crippen LogP contribution in [-0.2, 0) is 11.2 Å². The van der Waals surface area contributed by atoms with Crippen LogP contribution in [0.5, 0.6) is 0 Å². The van der Waals surface area contributed by atoms with E-state index >= 15 is 0 Å². The third-order valence-corrected chi connectivity index (χ3v) is 3.25. The Kier molecular flexibility index (Phi) is 5.93. The summed E-state index contributed by atoms with van der Waals surface area (Å²) in [5, 5.41) is 1.45. The summed E-state index contributed by atoms with van der Waals surface area (Å²) in [4.78, 5) is 11.1. The molecular weight excluding hydrogens is 393 g/mol. The van der Waals surface area contributed by atoms with E-state index in [1.54, 1.807) is 0 Å². The molecule has 1 aromatic carbocycles. The van der Waals surface area contributed by atoms with E-state index in [1.165, 1.54) is 29.6 Å². The Morgan fingerprint density at radius 3 is 2.00 bits per heavy atom. The average Bonchev–Trinajstić information content (AvgIpc) is 2.45. The number of benzene rings is 1. The monoisotopic (exact) mass is 401 g/mol. The van der Waals surface area contributed by atoms with Crippen molar-refractivity contribution in [1.82, 2.24) is 5.32 Å². The lowest BCUT2D eigenvalue weighted by Gasteiger charge is -2.32. The van der Waals surface area contributed by atoms with Crippen LogP contribution < -0.4 is 5.32 Å². The van der Waals surface area contributed by atoms with Crippen molar-refractivity contribution in [2.75, 3.05) is 6.54 Å². The quantitative estimate of drug-likeness (QED) is 0.700. The van der Waals surface area contributed by atoms with Gasteiger partial charge >= 0.3 is 23.9 Å². The van der Waals surface area contributed by atoms with Crippen molar-refractivity contribution in [1.29, 1.82) is 0 Å². The van der Waals surface area contributed by atoms with Crippen molar-refractivity contribution in [3.63, 3.8) is 0 Å². The van der Waals surface area contributed by atoms with Gasteiger partial charge in [0.25, 0.3) is 5.91 Å². The normalized spacial score (nSPS) is 13.7. The number of rotatable bonds is 6. The Bertz CT molecular complexity index is 630. The third kappa shape index (κ3) is 4.13. The second kappa shape index (κ2) is 6.93. The van der Waals surface area contributed by atoms with Gasteiger partial charge in [-0.25, -0.2) is 0 Å². The molecule has 1 amide bonds. The lowest BCUT2D eigenvalue weighted by molar-refractivity contribution is -0.388. The Balaban J connectivity index is 2.84. The van der Waals surface area contributed by atoms with Gasteiger partial charge in [-0.15, -0.1) is 0 Å². The number of hydrogen-bond donors (Lipinski definition) is 1. The van der Waals surface area contributed by atoms with E-state index < -0.39 is 36.4 Å². The summed E-state index contributed by atoms with van der Waals surface area (Å²) in [5.41, 5.74) is 0.378. The second-order valence-electron chi connectivity index (χ2n) is 4.86. The van der Waals surface area contributed by atoms with Gasteiger partial charge in [0, 0.05) is 11.6 Å². The molecule has 0 aliphatic carbocycles. The lowest BCUT2D eigenvalue weighted by Crippen LogP contribution is -2.65. The predicted octanol–water partition coefficient (Wildman–Crippen LogP) is 4.47. The van der Waals surface area contributed by atoms with Crippen molar-refractivity contribution in [2.24, 2.45) is 0 Å². The summed E-state index contributed by atoms with van der Waals surface area (Å²) in [5.74, 6) is -23.3. The summed E-state index contributed by atoms with van der Waals surface area (Å²) in [6.07, 6.45) is -7.18. The molecule has 142 valence electrons. The summed E-state index contributed by atoms with van der Waals surface area (Å²) < 4.78 is 114. The van der Waals surface area contributed by atoms with E-state index in [-0.39, 0.29) is 11.4 Å². The zero-order valence-electron chi connectivity index (χ0n) is 11.9. The molecule has 12 heteroatoms. The first-order chi connectivity index (χ1) is 11.1. The molecule has 0 fully saturated rings. The van der Waals surface area contributed by atoms with Gasteiger partial charge in [-0.3, -0.25) is 4.79 Å². The van der Waals surface area contributed by atoms with Crippen LogP contribution in [0.1, 0.15) is 5.56 Å². The third-order valence-electron chi connectivity index (χ3n) is 3.02. The predicted molar refractivity (Wildman–Crippen MR) is 69.1 cm³/mol. The van der Waals surface area contributed by atoms with E-state index in [9.17, 15) is 44.3 Å². The molecule has 25 heavy (non-hydrogen) atoms. The van der Waals surface area contributed by atoms with Crippen LogP contribution in [-0.4, -0.2) is 36.4 Å². The first-order valence-corrected chi connectivity index (χ1v) is 6.75. The Hall–Kier alpha value is -1.65. The second-order valence-corrected chi connectivity index (χ2v) is 5.29. The molecule has 2 nitrogen and oxygen atoms in total. The van der Waals surface area contributed by atoms with E-state index in [0.29, 0.717) is 5.56 Å². The Labute approximate surface area is 139 Å². The molecule has 0 saturated carbocycles. The van der Waals surface area contributed by atoms with Crippen molar-refractivity contribution >= 4 is 17.5 Å². The molecule has 0 aliphatic heterocycles. The number of amides is 1. The summed E-state index contributed by atoms with van der Waals surface area (Å²) in [7, 11) is 0. The highest BCUT2D eigenvalue weighted by Crippen LogP contribution is 2.53. The number of carbonyl (C=O) groups is 1. The zero-order valence-corrected chi connectivity index (χ0v) is 12.7. The highest BCUT2D eigenvalue weighted by Gasteiger charge is 2.83. The lowest BCUT2D eigenvalue weighted by atomic mass is 10.0. The molecule has 0 heterocycles. The van der Waals surface area contributed by atoms with Gasteiger partial charge in [0.05, 0.1) is 0 Å². The van der Waals surface area contributed by atoms with Gasteiger partial charge in [0.1, 0.15) is 0 Å². The van der Waals surface area contributed by atoms with E-state index in [0.717, 1.165) is 0 Å². The molecule has 0 atom stereocenters. The van der Waals surface area contributed by atoms with Crippen LogP contribution in [0.3, 0.4) is 0 Å². The molecule has 1 N–H and O–H groups in total. The Morgan fingerprint density at radius 2 is 1.52 bits per heavy atom. The summed E-state index contributed by atoms with van der Waals surface area (Å²) >= 11 is 5.62. The molecule has 0 radical (unpaired) electrons. The van der Waals surface area contributed by atoms with Gasteiger partial charge in [-0.1, -0.05) is 23.7 Å².